The second-order valence-corrected chi connectivity index (χ2v) is 6.45. The summed E-state index contributed by atoms with van der Waals surface area (Å²) in [5.41, 5.74) is 5.02. The summed E-state index contributed by atoms with van der Waals surface area (Å²) in [6.45, 7) is 3.77. The maximum Gasteiger partial charge on any atom is 0.312 e. The predicted molar refractivity (Wildman–Crippen MR) is 86.5 cm³/mol. The van der Waals surface area contributed by atoms with E-state index in [1.54, 1.807) is 0 Å². The monoisotopic (exact) mass is 341 g/mol. The Hall–Kier alpha value is -1.86. The highest BCUT2D eigenvalue weighted by Crippen LogP contribution is 2.39. The van der Waals surface area contributed by atoms with Crippen molar-refractivity contribution in [2.75, 3.05) is 6.54 Å². The number of nitro groups is 1. The Kier molecular flexibility index (Phi) is 5.11. The second-order valence-electron chi connectivity index (χ2n) is 6.01. The first-order chi connectivity index (χ1) is 10.8. The third kappa shape index (κ3) is 4.11. The molecule has 1 amide bonds. The van der Waals surface area contributed by atoms with E-state index in [1.807, 2.05) is 6.92 Å². The average molecular weight is 342 g/mol. The number of hydrogen-bond acceptors (Lipinski definition) is 5. The lowest BCUT2D eigenvalue weighted by Gasteiger charge is -2.30. The Morgan fingerprint density at radius 1 is 1.61 bits per heavy atom. The van der Waals surface area contributed by atoms with Gasteiger partial charge in [-0.05, 0) is 44.7 Å². The summed E-state index contributed by atoms with van der Waals surface area (Å²) >= 11 is 5.75. The van der Waals surface area contributed by atoms with Gasteiger partial charge in [-0.3, -0.25) is 14.9 Å². The van der Waals surface area contributed by atoms with Crippen molar-refractivity contribution in [2.24, 2.45) is 11.7 Å². The Bertz CT molecular complexity index is 621. The molecule has 8 heteroatoms. The molecule has 0 spiro atoms. The van der Waals surface area contributed by atoms with Crippen LogP contribution in [0.15, 0.2) is 18.2 Å². The van der Waals surface area contributed by atoms with Crippen LogP contribution in [0.1, 0.15) is 26.7 Å². The van der Waals surface area contributed by atoms with Crippen molar-refractivity contribution < 1.29 is 14.5 Å². The molecular formula is C15H20ClN3O4. The molecular weight excluding hydrogens is 322 g/mol. The Labute approximate surface area is 139 Å². The van der Waals surface area contributed by atoms with Crippen LogP contribution in [-0.4, -0.2) is 29.0 Å². The number of nitro benzene ring substituents is 1. The number of ether oxygens (including phenoxy) is 1. The van der Waals surface area contributed by atoms with Crippen molar-refractivity contribution in [2.45, 2.75) is 38.3 Å². The van der Waals surface area contributed by atoms with Gasteiger partial charge in [0.05, 0.1) is 10.5 Å². The molecule has 0 radical (unpaired) electrons. The molecule has 2 unspecified atom stereocenters. The van der Waals surface area contributed by atoms with Crippen molar-refractivity contribution in [3.05, 3.63) is 33.3 Å². The van der Waals surface area contributed by atoms with E-state index in [1.165, 1.54) is 25.1 Å². The van der Waals surface area contributed by atoms with Crippen molar-refractivity contribution in [3.8, 4) is 5.75 Å². The first-order valence-electron chi connectivity index (χ1n) is 7.39. The van der Waals surface area contributed by atoms with Crippen molar-refractivity contribution >= 4 is 23.2 Å². The van der Waals surface area contributed by atoms with Crippen molar-refractivity contribution in [1.29, 1.82) is 0 Å². The van der Waals surface area contributed by atoms with Crippen LogP contribution in [0.2, 0.25) is 5.02 Å². The van der Waals surface area contributed by atoms with Crippen LogP contribution in [0.4, 0.5) is 5.69 Å². The van der Waals surface area contributed by atoms with Gasteiger partial charge in [0.1, 0.15) is 0 Å². The maximum atomic E-state index is 12.3. The summed E-state index contributed by atoms with van der Waals surface area (Å²) < 4.78 is 5.46. The van der Waals surface area contributed by atoms with Gasteiger partial charge < -0.3 is 15.8 Å². The van der Waals surface area contributed by atoms with Gasteiger partial charge in [0.2, 0.25) is 0 Å². The van der Waals surface area contributed by atoms with Crippen LogP contribution in [0.3, 0.4) is 0 Å². The van der Waals surface area contributed by atoms with Gasteiger partial charge in [-0.15, -0.1) is 0 Å². The first kappa shape index (κ1) is 17.5. The van der Waals surface area contributed by atoms with Crippen LogP contribution in [0.25, 0.3) is 0 Å². The number of benzene rings is 1. The molecule has 0 bridgehead atoms. The minimum atomic E-state index is -0.889. The predicted octanol–water partition coefficient (Wildman–Crippen LogP) is 2.26. The topological polar surface area (TPSA) is 107 Å². The number of halogens is 1. The minimum Gasteiger partial charge on any atom is -0.474 e. The molecule has 23 heavy (non-hydrogen) atoms. The zero-order valence-electron chi connectivity index (χ0n) is 13.0. The van der Waals surface area contributed by atoms with Crippen LogP contribution in [-0.2, 0) is 4.79 Å². The molecule has 1 aliphatic rings. The number of carbonyl (C=O) groups excluding carboxylic acids is 1. The fraction of sp³-hybridized carbons (Fsp3) is 0.533. The number of nitrogens with zero attached hydrogens (tertiary/aromatic N) is 1. The number of carbonyl (C=O) groups is 1. The van der Waals surface area contributed by atoms with Crippen molar-refractivity contribution in [3.63, 3.8) is 0 Å². The van der Waals surface area contributed by atoms with E-state index in [2.05, 4.69) is 5.32 Å². The summed E-state index contributed by atoms with van der Waals surface area (Å²) in [6.07, 6.45) is 1.18. The van der Waals surface area contributed by atoms with Gasteiger partial charge in [0.15, 0.2) is 11.9 Å². The van der Waals surface area contributed by atoms with E-state index in [0.717, 1.165) is 12.8 Å². The van der Waals surface area contributed by atoms with Gasteiger partial charge in [-0.2, -0.15) is 0 Å². The number of nitrogens with one attached hydrogen (secondary N) is 1. The van der Waals surface area contributed by atoms with Crippen LogP contribution < -0.4 is 15.8 Å². The van der Waals surface area contributed by atoms with Gasteiger partial charge >= 0.3 is 5.69 Å². The molecule has 1 aliphatic carbocycles. The molecule has 3 N–H and O–H groups in total. The Balaban J connectivity index is 2.08. The van der Waals surface area contributed by atoms with Crippen molar-refractivity contribution in [1.82, 2.24) is 5.32 Å². The fourth-order valence-corrected chi connectivity index (χ4v) is 2.57. The lowest BCUT2D eigenvalue weighted by atomic mass is 9.95. The third-order valence-corrected chi connectivity index (χ3v) is 4.34. The van der Waals surface area contributed by atoms with E-state index >= 15 is 0 Å². The summed E-state index contributed by atoms with van der Waals surface area (Å²) in [7, 11) is 0. The minimum absolute atomic E-state index is 0.00271. The fourth-order valence-electron chi connectivity index (χ4n) is 2.40. The Morgan fingerprint density at radius 3 is 2.78 bits per heavy atom. The Morgan fingerprint density at radius 2 is 2.26 bits per heavy atom. The van der Waals surface area contributed by atoms with Gasteiger partial charge in [-0.25, -0.2) is 0 Å². The molecule has 1 saturated carbocycles. The summed E-state index contributed by atoms with van der Waals surface area (Å²) in [5, 5.41) is 14.2. The van der Waals surface area contributed by atoms with Crippen LogP contribution in [0.5, 0.6) is 5.75 Å². The van der Waals surface area contributed by atoms with E-state index in [4.69, 9.17) is 22.1 Å². The number of hydrogen-bond donors (Lipinski definition) is 2. The van der Waals surface area contributed by atoms with Gasteiger partial charge in [0, 0.05) is 17.6 Å². The van der Waals surface area contributed by atoms with Gasteiger partial charge in [0.25, 0.3) is 5.91 Å². The summed E-state index contributed by atoms with van der Waals surface area (Å²) in [6, 6.07) is 4.05. The molecule has 0 saturated heterocycles. The van der Waals surface area contributed by atoms with Gasteiger partial charge in [-0.1, -0.05) is 11.6 Å². The third-order valence-electron chi connectivity index (χ3n) is 4.10. The molecule has 1 aromatic rings. The number of amides is 1. The standard InChI is InChI=1S/C15H20ClN3O4/c1-9(14(20)18-15(2,8-17)10-3-4-10)23-13-6-5-11(16)7-12(13)19(21)22/h5-7,9-10H,3-4,8,17H2,1-2H3,(H,18,20). The molecule has 2 atom stereocenters. The molecule has 0 heterocycles. The maximum absolute atomic E-state index is 12.3. The molecule has 1 fully saturated rings. The molecule has 126 valence electrons. The first-order valence-corrected chi connectivity index (χ1v) is 7.77. The zero-order valence-corrected chi connectivity index (χ0v) is 13.8. The molecule has 1 aromatic carbocycles. The summed E-state index contributed by atoms with van der Waals surface area (Å²) in [5.74, 6) is 0.0190. The molecule has 7 nitrogen and oxygen atoms in total. The molecule has 0 aliphatic heterocycles. The summed E-state index contributed by atoms with van der Waals surface area (Å²) in [4.78, 5) is 22.8. The second kappa shape index (κ2) is 6.72. The number of nitrogens with two attached hydrogens (primary N) is 1. The zero-order chi connectivity index (χ0) is 17.2. The van der Waals surface area contributed by atoms with E-state index in [-0.39, 0.29) is 22.4 Å². The quantitative estimate of drug-likeness (QED) is 0.584. The highest BCUT2D eigenvalue weighted by atomic mass is 35.5. The van der Waals surface area contributed by atoms with Crippen LogP contribution in [0, 0.1) is 16.0 Å². The van der Waals surface area contributed by atoms with E-state index < -0.39 is 16.6 Å². The average Bonchev–Trinajstić information content (AvgIpc) is 3.33. The van der Waals surface area contributed by atoms with Crippen LogP contribution >= 0.6 is 11.6 Å². The largest absolute Gasteiger partial charge is 0.474 e. The van der Waals surface area contributed by atoms with E-state index in [0.29, 0.717) is 12.5 Å². The number of rotatable bonds is 7. The molecule has 0 aromatic heterocycles. The highest BCUT2D eigenvalue weighted by Gasteiger charge is 2.42. The lowest BCUT2D eigenvalue weighted by Crippen LogP contribution is -2.56. The van der Waals surface area contributed by atoms with E-state index in [9.17, 15) is 14.9 Å². The lowest BCUT2D eigenvalue weighted by molar-refractivity contribution is -0.386. The molecule has 2 rings (SSSR count). The normalized spacial score (nSPS) is 17.9. The smallest absolute Gasteiger partial charge is 0.312 e. The highest BCUT2D eigenvalue weighted by molar-refractivity contribution is 6.30. The SMILES string of the molecule is CC(Oc1ccc(Cl)cc1[N+](=O)[O-])C(=O)NC(C)(CN)C1CC1.